The molecular formula is C14H12N4OS. The van der Waals surface area contributed by atoms with E-state index in [1.165, 1.54) is 0 Å². The molecule has 0 saturated heterocycles. The van der Waals surface area contributed by atoms with Gasteiger partial charge in [-0.25, -0.2) is 15.0 Å². The maximum Gasteiger partial charge on any atom is 0.259 e. The van der Waals surface area contributed by atoms with Crippen molar-refractivity contribution in [1.82, 2.24) is 15.0 Å². The van der Waals surface area contributed by atoms with Crippen LogP contribution < -0.4 is 5.32 Å². The Bertz CT molecular complexity index is 797. The summed E-state index contributed by atoms with van der Waals surface area (Å²) in [4.78, 5) is 24.7. The Morgan fingerprint density at radius 3 is 2.90 bits per heavy atom. The molecule has 6 heteroatoms. The monoisotopic (exact) mass is 284 g/mol. The maximum atomic E-state index is 12.2. The van der Waals surface area contributed by atoms with Crippen molar-refractivity contribution in [1.29, 1.82) is 0 Å². The fourth-order valence-electron chi connectivity index (χ4n) is 1.94. The summed E-state index contributed by atoms with van der Waals surface area (Å²) < 4.78 is 1.04. The first-order chi connectivity index (χ1) is 9.63. The Hall–Kier alpha value is -2.34. The predicted molar refractivity (Wildman–Crippen MR) is 79.1 cm³/mol. The van der Waals surface area contributed by atoms with E-state index in [9.17, 15) is 4.79 Å². The largest absolute Gasteiger partial charge is 0.322 e. The Morgan fingerprint density at radius 1 is 1.25 bits per heavy atom. The summed E-state index contributed by atoms with van der Waals surface area (Å²) in [5.74, 6) is 0.455. The van der Waals surface area contributed by atoms with Crippen molar-refractivity contribution in [2.24, 2.45) is 0 Å². The third kappa shape index (κ3) is 2.37. The molecule has 2 aromatic heterocycles. The van der Waals surface area contributed by atoms with E-state index in [1.807, 2.05) is 18.2 Å². The molecule has 0 bridgehead atoms. The molecule has 2 heterocycles. The van der Waals surface area contributed by atoms with Crippen molar-refractivity contribution in [3.63, 3.8) is 0 Å². The van der Waals surface area contributed by atoms with Crippen molar-refractivity contribution in [2.45, 2.75) is 13.8 Å². The zero-order valence-electron chi connectivity index (χ0n) is 11.0. The van der Waals surface area contributed by atoms with E-state index in [2.05, 4.69) is 20.3 Å². The first-order valence-electron chi connectivity index (χ1n) is 6.08. The van der Waals surface area contributed by atoms with Crippen LogP contribution in [0.2, 0.25) is 0 Å². The number of aromatic nitrogens is 3. The molecule has 3 rings (SSSR count). The second-order valence-corrected chi connectivity index (χ2v) is 5.29. The Balaban J connectivity index is 1.87. The number of anilines is 1. The minimum Gasteiger partial charge on any atom is -0.322 e. The van der Waals surface area contributed by atoms with Crippen molar-refractivity contribution >= 4 is 33.1 Å². The number of fused-ring (bicyclic) bond motifs is 1. The maximum absolute atomic E-state index is 12.2. The summed E-state index contributed by atoms with van der Waals surface area (Å²) in [6, 6.07) is 5.64. The van der Waals surface area contributed by atoms with Crippen molar-refractivity contribution in [3.8, 4) is 0 Å². The fraction of sp³-hybridized carbons (Fsp3) is 0.143. The van der Waals surface area contributed by atoms with Crippen LogP contribution in [-0.2, 0) is 0 Å². The number of rotatable bonds is 2. The van der Waals surface area contributed by atoms with Crippen LogP contribution in [0, 0.1) is 13.8 Å². The van der Waals surface area contributed by atoms with Crippen molar-refractivity contribution in [2.75, 3.05) is 5.32 Å². The number of amides is 1. The second kappa shape index (κ2) is 4.97. The molecular weight excluding hydrogens is 272 g/mol. The molecule has 100 valence electrons. The molecule has 0 aliphatic carbocycles. The highest BCUT2D eigenvalue weighted by Gasteiger charge is 2.11. The number of carbonyl (C=O) groups is 1. The van der Waals surface area contributed by atoms with E-state index in [-0.39, 0.29) is 5.91 Å². The number of carbonyl (C=O) groups excluding carboxylic acids is 1. The molecule has 1 amide bonds. The summed E-state index contributed by atoms with van der Waals surface area (Å²) in [5, 5.41) is 2.86. The van der Waals surface area contributed by atoms with Gasteiger partial charge in [0.1, 0.15) is 5.82 Å². The van der Waals surface area contributed by atoms with Crippen LogP contribution >= 0.6 is 11.3 Å². The first-order valence-corrected chi connectivity index (χ1v) is 6.96. The van der Waals surface area contributed by atoms with Gasteiger partial charge in [0.2, 0.25) is 0 Å². The van der Waals surface area contributed by atoms with E-state index >= 15 is 0 Å². The van der Waals surface area contributed by atoms with Gasteiger partial charge in [-0.1, -0.05) is 0 Å². The zero-order chi connectivity index (χ0) is 14.1. The molecule has 1 N–H and O–H groups in total. The number of thiazole rings is 1. The van der Waals surface area contributed by atoms with Gasteiger partial charge in [-0.2, -0.15) is 0 Å². The summed E-state index contributed by atoms with van der Waals surface area (Å²) >= 11 is 1.54. The van der Waals surface area contributed by atoms with E-state index in [0.29, 0.717) is 17.1 Å². The summed E-state index contributed by atoms with van der Waals surface area (Å²) in [7, 11) is 0. The molecule has 1 aromatic carbocycles. The van der Waals surface area contributed by atoms with E-state index in [0.717, 1.165) is 15.9 Å². The minimum absolute atomic E-state index is 0.202. The molecule has 0 atom stereocenters. The van der Waals surface area contributed by atoms with Crippen LogP contribution in [0.1, 0.15) is 21.9 Å². The molecule has 0 aliphatic rings. The normalized spacial score (nSPS) is 10.7. The summed E-state index contributed by atoms with van der Waals surface area (Å²) in [6.07, 6.45) is 1.55. The number of nitrogens with one attached hydrogen (secondary N) is 1. The lowest BCUT2D eigenvalue weighted by Gasteiger charge is -2.07. The Labute approximate surface area is 119 Å². The number of aryl methyl sites for hydroxylation is 2. The van der Waals surface area contributed by atoms with Crippen LogP contribution in [0.4, 0.5) is 5.69 Å². The third-order valence-electron chi connectivity index (χ3n) is 2.93. The molecule has 0 fully saturated rings. The first kappa shape index (κ1) is 12.7. The van der Waals surface area contributed by atoms with Gasteiger partial charge < -0.3 is 5.32 Å². The Morgan fingerprint density at radius 2 is 2.10 bits per heavy atom. The standard InChI is InChI=1S/C14H12N4OS/c1-8-11(6-15-9(2)17-8)14(19)18-10-3-4-12-13(5-10)20-7-16-12/h3-7H,1-2H3,(H,18,19). The zero-order valence-corrected chi connectivity index (χ0v) is 11.9. The smallest absolute Gasteiger partial charge is 0.259 e. The number of hydrogen-bond donors (Lipinski definition) is 1. The predicted octanol–water partition coefficient (Wildman–Crippen LogP) is 2.96. The molecule has 5 nitrogen and oxygen atoms in total. The molecule has 3 aromatic rings. The quantitative estimate of drug-likeness (QED) is 0.785. The van der Waals surface area contributed by atoms with E-state index in [1.54, 1.807) is 36.9 Å². The van der Waals surface area contributed by atoms with Gasteiger partial charge in [0.25, 0.3) is 5.91 Å². The van der Waals surface area contributed by atoms with E-state index < -0.39 is 0 Å². The topological polar surface area (TPSA) is 67.8 Å². The van der Waals surface area contributed by atoms with Crippen LogP contribution in [0.25, 0.3) is 10.2 Å². The second-order valence-electron chi connectivity index (χ2n) is 4.41. The van der Waals surface area contributed by atoms with Crippen molar-refractivity contribution in [3.05, 3.63) is 47.0 Å². The third-order valence-corrected chi connectivity index (χ3v) is 3.73. The highest BCUT2D eigenvalue weighted by Crippen LogP contribution is 2.22. The van der Waals surface area contributed by atoms with Gasteiger partial charge in [0.15, 0.2) is 0 Å². The van der Waals surface area contributed by atoms with Gasteiger partial charge in [-0.05, 0) is 32.0 Å². The lowest BCUT2D eigenvalue weighted by molar-refractivity contribution is 0.102. The lowest BCUT2D eigenvalue weighted by atomic mass is 10.2. The van der Waals surface area contributed by atoms with E-state index in [4.69, 9.17) is 0 Å². The number of benzene rings is 1. The van der Waals surface area contributed by atoms with Gasteiger partial charge in [-0.15, -0.1) is 11.3 Å². The Kier molecular flexibility index (Phi) is 3.15. The molecule has 0 unspecified atom stereocenters. The van der Waals surface area contributed by atoms with Crippen LogP contribution in [0.5, 0.6) is 0 Å². The average Bonchev–Trinajstić information content (AvgIpc) is 2.85. The average molecular weight is 284 g/mol. The SMILES string of the molecule is Cc1ncc(C(=O)Nc2ccc3ncsc3c2)c(C)n1. The fourth-order valence-corrected chi connectivity index (χ4v) is 2.65. The lowest BCUT2D eigenvalue weighted by Crippen LogP contribution is -2.15. The van der Waals surface area contributed by atoms with Crippen LogP contribution in [-0.4, -0.2) is 20.9 Å². The highest BCUT2D eigenvalue weighted by molar-refractivity contribution is 7.16. The van der Waals surface area contributed by atoms with Crippen LogP contribution in [0.3, 0.4) is 0 Å². The van der Waals surface area contributed by atoms with Gasteiger partial charge >= 0.3 is 0 Å². The van der Waals surface area contributed by atoms with Gasteiger partial charge in [0.05, 0.1) is 27.0 Å². The molecule has 0 spiro atoms. The summed E-state index contributed by atoms with van der Waals surface area (Å²) in [6.45, 7) is 3.60. The number of nitrogens with zero attached hydrogens (tertiary/aromatic N) is 3. The summed E-state index contributed by atoms with van der Waals surface area (Å²) in [5.41, 5.74) is 4.62. The van der Waals surface area contributed by atoms with Gasteiger partial charge in [0, 0.05) is 11.9 Å². The highest BCUT2D eigenvalue weighted by atomic mass is 32.1. The molecule has 20 heavy (non-hydrogen) atoms. The number of hydrogen-bond acceptors (Lipinski definition) is 5. The van der Waals surface area contributed by atoms with Crippen molar-refractivity contribution < 1.29 is 4.79 Å². The minimum atomic E-state index is -0.202. The molecule has 0 saturated carbocycles. The molecule has 0 radical (unpaired) electrons. The molecule has 0 aliphatic heterocycles. The van der Waals surface area contributed by atoms with Gasteiger partial charge in [-0.3, -0.25) is 4.79 Å². The van der Waals surface area contributed by atoms with Crippen LogP contribution in [0.15, 0.2) is 29.9 Å².